The molecule has 1 N–H and O–H groups in total. The van der Waals surface area contributed by atoms with Gasteiger partial charge in [-0.3, -0.25) is 9.98 Å². The Bertz CT molecular complexity index is 753. The number of hydrogen-bond acceptors (Lipinski definition) is 4. The summed E-state index contributed by atoms with van der Waals surface area (Å²) in [5.74, 6) is 0.146. The lowest BCUT2D eigenvalue weighted by atomic mass is 10.3. The van der Waals surface area contributed by atoms with Crippen molar-refractivity contribution >= 4 is 22.9 Å². The Morgan fingerprint density at radius 2 is 1.68 bits per heavy atom. The van der Waals surface area contributed by atoms with Gasteiger partial charge in [0, 0.05) is 0 Å². The molecule has 0 fully saturated rings. The van der Waals surface area contributed by atoms with Crippen LogP contribution in [0, 0.1) is 0 Å². The number of aliphatic imine (C=N–C) groups is 1. The number of nitrogens with zero attached hydrogens (tertiary/aromatic N) is 3. The first-order valence-corrected chi connectivity index (χ1v) is 5.87. The van der Waals surface area contributed by atoms with Gasteiger partial charge in [-0.25, -0.2) is 4.98 Å². The van der Waals surface area contributed by atoms with Crippen molar-refractivity contribution in [1.29, 1.82) is 0 Å². The maximum Gasteiger partial charge on any atom is 0.141 e. The SMILES string of the molecule is Oc1ccccc1N=Cc1cnc2ccccc2n1. The van der Waals surface area contributed by atoms with Crippen LogP contribution in [0.3, 0.4) is 0 Å². The number of rotatable bonds is 2. The summed E-state index contributed by atoms with van der Waals surface area (Å²) in [7, 11) is 0. The first-order chi connectivity index (χ1) is 9.33. The maximum atomic E-state index is 9.61. The Morgan fingerprint density at radius 3 is 2.53 bits per heavy atom. The van der Waals surface area contributed by atoms with Crippen LogP contribution >= 0.6 is 0 Å². The van der Waals surface area contributed by atoms with Gasteiger partial charge in [0.05, 0.1) is 23.4 Å². The lowest BCUT2D eigenvalue weighted by Crippen LogP contribution is -1.90. The normalized spacial score (nSPS) is 11.2. The van der Waals surface area contributed by atoms with Gasteiger partial charge in [0.15, 0.2) is 0 Å². The van der Waals surface area contributed by atoms with Crippen LogP contribution in [0.4, 0.5) is 5.69 Å². The molecule has 0 aliphatic rings. The fraction of sp³-hybridized carbons (Fsp3) is 0. The van der Waals surface area contributed by atoms with Gasteiger partial charge in [-0.1, -0.05) is 24.3 Å². The molecule has 4 nitrogen and oxygen atoms in total. The molecule has 0 radical (unpaired) electrons. The second kappa shape index (κ2) is 4.86. The highest BCUT2D eigenvalue weighted by molar-refractivity contribution is 5.84. The first-order valence-electron chi connectivity index (χ1n) is 5.87. The van der Waals surface area contributed by atoms with E-state index < -0.39 is 0 Å². The Hall–Kier alpha value is -2.75. The highest BCUT2D eigenvalue weighted by Crippen LogP contribution is 2.24. The number of aromatic hydroxyl groups is 1. The van der Waals surface area contributed by atoms with Crippen molar-refractivity contribution < 1.29 is 5.11 Å². The molecule has 0 amide bonds. The van der Waals surface area contributed by atoms with Gasteiger partial charge in [-0.15, -0.1) is 0 Å². The zero-order chi connectivity index (χ0) is 13.1. The van der Waals surface area contributed by atoms with E-state index in [4.69, 9.17) is 0 Å². The predicted molar refractivity (Wildman–Crippen MR) is 74.9 cm³/mol. The van der Waals surface area contributed by atoms with E-state index >= 15 is 0 Å². The quantitative estimate of drug-likeness (QED) is 0.710. The molecule has 3 rings (SSSR count). The highest BCUT2D eigenvalue weighted by Gasteiger charge is 1.98. The molecule has 0 unspecified atom stereocenters. The summed E-state index contributed by atoms with van der Waals surface area (Å²) in [6.07, 6.45) is 3.25. The van der Waals surface area contributed by atoms with Gasteiger partial charge >= 0.3 is 0 Å². The van der Waals surface area contributed by atoms with Gasteiger partial charge < -0.3 is 5.11 Å². The van der Waals surface area contributed by atoms with Crippen LogP contribution in [0.15, 0.2) is 59.7 Å². The van der Waals surface area contributed by atoms with E-state index in [1.54, 1.807) is 30.6 Å². The first kappa shape index (κ1) is 11.3. The Kier molecular flexibility index (Phi) is 2.90. The molecule has 3 aromatic rings. The third-order valence-corrected chi connectivity index (χ3v) is 2.68. The molecule has 0 aliphatic heterocycles. The molecule has 4 heteroatoms. The number of aromatic nitrogens is 2. The van der Waals surface area contributed by atoms with Crippen molar-refractivity contribution in [1.82, 2.24) is 9.97 Å². The second-order valence-corrected chi connectivity index (χ2v) is 4.03. The average Bonchev–Trinajstić information content (AvgIpc) is 2.46. The van der Waals surface area contributed by atoms with Crippen molar-refractivity contribution in [2.45, 2.75) is 0 Å². The molecule has 0 bridgehead atoms. The summed E-state index contributed by atoms with van der Waals surface area (Å²) in [5, 5.41) is 9.61. The van der Waals surface area contributed by atoms with Crippen molar-refractivity contribution in [2.24, 2.45) is 4.99 Å². The fourth-order valence-electron chi connectivity index (χ4n) is 1.74. The minimum Gasteiger partial charge on any atom is -0.506 e. The largest absolute Gasteiger partial charge is 0.506 e. The fourth-order valence-corrected chi connectivity index (χ4v) is 1.74. The molecule has 0 saturated carbocycles. The topological polar surface area (TPSA) is 58.4 Å². The van der Waals surface area contributed by atoms with Crippen LogP contribution in [-0.4, -0.2) is 21.3 Å². The lowest BCUT2D eigenvalue weighted by molar-refractivity contribution is 0.477. The number of benzene rings is 2. The van der Waals surface area contributed by atoms with E-state index in [0.717, 1.165) is 11.0 Å². The van der Waals surface area contributed by atoms with Crippen molar-refractivity contribution in [2.75, 3.05) is 0 Å². The van der Waals surface area contributed by atoms with Gasteiger partial charge in [-0.05, 0) is 24.3 Å². The third kappa shape index (κ3) is 2.42. The monoisotopic (exact) mass is 249 g/mol. The average molecular weight is 249 g/mol. The molecule has 0 aliphatic carbocycles. The van der Waals surface area contributed by atoms with E-state index in [2.05, 4.69) is 15.0 Å². The summed E-state index contributed by atoms with van der Waals surface area (Å²) in [6.45, 7) is 0. The molecule has 0 spiro atoms. The zero-order valence-corrected chi connectivity index (χ0v) is 10.1. The molecular formula is C15H11N3O. The van der Waals surface area contributed by atoms with Crippen molar-refractivity contribution in [3.05, 3.63) is 60.4 Å². The number of phenolic OH excluding ortho intramolecular Hbond substituents is 1. The van der Waals surface area contributed by atoms with Gasteiger partial charge in [-0.2, -0.15) is 0 Å². The maximum absolute atomic E-state index is 9.61. The zero-order valence-electron chi connectivity index (χ0n) is 10.1. The number of hydrogen-bond donors (Lipinski definition) is 1. The van der Waals surface area contributed by atoms with E-state index in [1.165, 1.54) is 0 Å². The standard InChI is InChI=1S/C15H11N3O/c19-15-8-4-3-7-14(15)17-10-11-9-16-12-5-1-2-6-13(12)18-11/h1-10,19H. The van der Waals surface area contributed by atoms with Crippen LogP contribution in [-0.2, 0) is 0 Å². The molecule has 2 aromatic carbocycles. The van der Waals surface area contributed by atoms with E-state index in [9.17, 15) is 5.11 Å². The van der Waals surface area contributed by atoms with E-state index in [1.807, 2.05) is 30.3 Å². The molecule has 1 heterocycles. The van der Waals surface area contributed by atoms with E-state index in [-0.39, 0.29) is 5.75 Å². The number of phenols is 1. The molecular weight excluding hydrogens is 238 g/mol. The van der Waals surface area contributed by atoms with Gasteiger partial charge in [0.2, 0.25) is 0 Å². The molecule has 0 atom stereocenters. The van der Waals surface area contributed by atoms with Crippen molar-refractivity contribution in [3.8, 4) is 5.75 Å². The van der Waals surface area contributed by atoms with Gasteiger partial charge in [0.25, 0.3) is 0 Å². The summed E-state index contributed by atoms with van der Waals surface area (Å²) in [4.78, 5) is 12.9. The summed E-state index contributed by atoms with van der Waals surface area (Å²) >= 11 is 0. The Morgan fingerprint density at radius 1 is 0.947 bits per heavy atom. The van der Waals surface area contributed by atoms with E-state index in [0.29, 0.717) is 11.4 Å². The molecule has 0 saturated heterocycles. The lowest BCUT2D eigenvalue weighted by Gasteiger charge is -1.98. The van der Waals surface area contributed by atoms with Gasteiger partial charge in [0.1, 0.15) is 17.1 Å². The summed E-state index contributed by atoms with van der Waals surface area (Å²) in [5.41, 5.74) is 2.84. The van der Waals surface area contributed by atoms with Crippen LogP contribution < -0.4 is 0 Å². The Balaban J connectivity index is 1.95. The predicted octanol–water partition coefficient (Wildman–Crippen LogP) is 3.09. The molecule has 92 valence electrons. The van der Waals surface area contributed by atoms with Crippen LogP contribution in [0.2, 0.25) is 0 Å². The molecule has 19 heavy (non-hydrogen) atoms. The third-order valence-electron chi connectivity index (χ3n) is 2.68. The highest BCUT2D eigenvalue weighted by atomic mass is 16.3. The Labute approximate surface area is 110 Å². The molecule has 1 aromatic heterocycles. The van der Waals surface area contributed by atoms with Crippen LogP contribution in [0.5, 0.6) is 5.75 Å². The van der Waals surface area contributed by atoms with Crippen LogP contribution in [0.1, 0.15) is 5.69 Å². The minimum atomic E-state index is 0.146. The summed E-state index contributed by atoms with van der Waals surface area (Å²) in [6, 6.07) is 14.6. The smallest absolute Gasteiger partial charge is 0.141 e. The number of fused-ring (bicyclic) bond motifs is 1. The number of para-hydroxylation sites is 4. The minimum absolute atomic E-state index is 0.146. The van der Waals surface area contributed by atoms with Crippen molar-refractivity contribution in [3.63, 3.8) is 0 Å². The van der Waals surface area contributed by atoms with Crippen LogP contribution in [0.25, 0.3) is 11.0 Å². The second-order valence-electron chi connectivity index (χ2n) is 4.03. The summed E-state index contributed by atoms with van der Waals surface area (Å²) < 4.78 is 0.